The number of ether oxygens (including phenoxy) is 1. The standard InChI is InChI=1S/C14H16F2N2O2.CH4/c1-3-17-14(19)13-9(2)6-10-4-5-11(7-18(10)13)20-8-12(15)16;/h4-7,12H,3,8H2,1-2H3,(H,17,19);1H4. The van der Waals surface area contributed by atoms with Crippen molar-refractivity contribution in [2.24, 2.45) is 0 Å². The molecule has 0 atom stereocenters. The van der Waals surface area contributed by atoms with Crippen LogP contribution in [0.25, 0.3) is 5.52 Å². The highest BCUT2D eigenvalue weighted by Gasteiger charge is 2.15. The van der Waals surface area contributed by atoms with Gasteiger partial charge >= 0.3 is 0 Å². The van der Waals surface area contributed by atoms with Gasteiger partial charge in [-0.2, -0.15) is 0 Å². The highest BCUT2D eigenvalue weighted by Crippen LogP contribution is 2.20. The Balaban J connectivity index is 0.00000220. The molecule has 0 spiro atoms. The van der Waals surface area contributed by atoms with E-state index in [1.165, 1.54) is 0 Å². The van der Waals surface area contributed by atoms with Crippen LogP contribution < -0.4 is 10.1 Å². The third-order valence-electron chi connectivity index (χ3n) is 2.86. The number of rotatable bonds is 5. The molecule has 0 bridgehead atoms. The number of hydrogen-bond acceptors (Lipinski definition) is 2. The van der Waals surface area contributed by atoms with E-state index in [4.69, 9.17) is 4.74 Å². The van der Waals surface area contributed by atoms with E-state index in [1.807, 2.05) is 19.9 Å². The molecule has 0 saturated carbocycles. The normalized spacial score (nSPS) is 10.5. The predicted octanol–water partition coefficient (Wildman–Crippen LogP) is 3.28. The van der Waals surface area contributed by atoms with Crippen LogP contribution in [-0.2, 0) is 0 Å². The molecule has 2 aromatic rings. The van der Waals surface area contributed by atoms with Gasteiger partial charge in [-0.25, -0.2) is 8.78 Å². The van der Waals surface area contributed by atoms with Crippen LogP contribution in [0.1, 0.15) is 30.4 Å². The van der Waals surface area contributed by atoms with Crippen molar-refractivity contribution in [1.29, 1.82) is 0 Å². The first-order chi connectivity index (χ1) is 9.52. The Hall–Kier alpha value is -2.11. The summed E-state index contributed by atoms with van der Waals surface area (Å²) in [6.45, 7) is 3.52. The van der Waals surface area contributed by atoms with E-state index in [-0.39, 0.29) is 13.3 Å². The largest absolute Gasteiger partial charge is 0.486 e. The number of aryl methyl sites for hydroxylation is 1. The number of pyridine rings is 1. The van der Waals surface area contributed by atoms with Gasteiger partial charge in [0, 0.05) is 12.1 Å². The summed E-state index contributed by atoms with van der Waals surface area (Å²) in [5, 5.41) is 2.73. The molecule has 2 aromatic heterocycles. The minimum Gasteiger partial charge on any atom is -0.486 e. The number of fused-ring (bicyclic) bond motifs is 1. The smallest absolute Gasteiger partial charge is 0.272 e. The molecule has 4 nitrogen and oxygen atoms in total. The molecule has 116 valence electrons. The van der Waals surface area contributed by atoms with Crippen LogP contribution in [0.2, 0.25) is 0 Å². The molecule has 2 heterocycles. The number of nitrogens with one attached hydrogen (secondary N) is 1. The van der Waals surface area contributed by atoms with Gasteiger partial charge in [0.15, 0.2) is 0 Å². The molecule has 0 fully saturated rings. The van der Waals surface area contributed by atoms with E-state index >= 15 is 0 Å². The van der Waals surface area contributed by atoms with Gasteiger partial charge in [-0.1, -0.05) is 7.43 Å². The van der Waals surface area contributed by atoms with Crippen LogP contribution in [-0.4, -0.2) is 29.9 Å². The van der Waals surface area contributed by atoms with Crippen LogP contribution in [0.15, 0.2) is 24.4 Å². The van der Waals surface area contributed by atoms with Gasteiger partial charge < -0.3 is 14.5 Å². The van der Waals surface area contributed by atoms with Crippen LogP contribution in [0.4, 0.5) is 8.78 Å². The molecule has 0 aliphatic carbocycles. The Kier molecular flexibility index (Phi) is 5.69. The van der Waals surface area contributed by atoms with Crippen molar-refractivity contribution in [2.75, 3.05) is 13.2 Å². The average Bonchev–Trinajstić information content (AvgIpc) is 2.71. The molecule has 1 N–H and O–H groups in total. The molecule has 0 aliphatic heterocycles. The summed E-state index contributed by atoms with van der Waals surface area (Å²) in [6.07, 6.45) is -0.977. The minimum absolute atomic E-state index is 0. The van der Waals surface area contributed by atoms with Gasteiger partial charge in [-0.05, 0) is 37.6 Å². The highest BCUT2D eigenvalue weighted by atomic mass is 19.3. The lowest BCUT2D eigenvalue weighted by atomic mass is 10.2. The summed E-state index contributed by atoms with van der Waals surface area (Å²) in [5.41, 5.74) is 2.12. The maximum absolute atomic E-state index is 12.2. The molecule has 0 aliphatic rings. The zero-order valence-corrected chi connectivity index (χ0v) is 11.3. The second-order valence-corrected chi connectivity index (χ2v) is 4.40. The average molecular weight is 298 g/mol. The summed E-state index contributed by atoms with van der Waals surface area (Å²) in [5.74, 6) is 0.106. The highest BCUT2D eigenvalue weighted by molar-refractivity contribution is 5.95. The Morgan fingerprint density at radius 3 is 2.76 bits per heavy atom. The third kappa shape index (κ3) is 3.71. The SMILES string of the molecule is C.CCNC(=O)c1c(C)cc2ccc(OCC(F)F)cn12. The molecule has 6 heteroatoms. The van der Waals surface area contributed by atoms with Crippen molar-refractivity contribution in [1.82, 2.24) is 9.72 Å². The van der Waals surface area contributed by atoms with Crippen molar-refractivity contribution in [3.63, 3.8) is 0 Å². The minimum atomic E-state index is -2.53. The second kappa shape index (κ2) is 7.06. The monoisotopic (exact) mass is 298 g/mol. The van der Waals surface area contributed by atoms with E-state index in [9.17, 15) is 13.6 Å². The topological polar surface area (TPSA) is 42.7 Å². The lowest BCUT2D eigenvalue weighted by Gasteiger charge is -2.08. The molecule has 2 rings (SSSR count). The molecular formula is C15H20F2N2O2. The molecule has 21 heavy (non-hydrogen) atoms. The number of carbonyl (C=O) groups is 1. The number of carbonyl (C=O) groups excluding carboxylic acids is 1. The molecule has 0 aromatic carbocycles. The summed E-state index contributed by atoms with van der Waals surface area (Å²) in [7, 11) is 0. The number of halogens is 2. The fourth-order valence-corrected chi connectivity index (χ4v) is 2.06. The molecule has 0 unspecified atom stereocenters. The van der Waals surface area contributed by atoms with Crippen molar-refractivity contribution in [2.45, 2.75) is 27.7 Å². The van der Waals surface area contributed by atoms with Crippen LogP contribution in [0.5, 0.6) is 5.75 Å². The number of nitrogens with zero attached hydrogens (tertiary/aromatic N) is 1. The van der Waals surface area contributed by atoms with Crippen molar-refractivity contribution >= 4 is 11.4 Å². The zero-order chi connectivity index (χ0) is 14.7. The first-order valence-electron chi connectivity index (χ1n) is 6.33. The molecule has 0 saturated heterocycles. The van der Waals surface area contributed by atoms with E-state index in [1.54, 1.807) is 22.7 Å². The Morgan fingerprint density at radius 1 is 1.43 bits per heavy atom. The number of amides is 1. The molecule has 1 amide bonds. The zero-order valence-electron chi connectivity index (χ0n) is 11.3. The van der Waals surface area contributed by atoms with Gasteiger partial charge in [0.05, 0.1) is 6.20 Å². The van der Waals surface area contributed by atoms with Crippen molar-refractivity contribution in [3.8, 4) is 5.75 Å². The predicted molar refractivity (Wildman–Crippen MR) is 78.4 cm³/mol. The summed E-state index contributed by atoms with van der Waals surface area (Å²) in [6, 6.07) is 5.21. The van der Waals surface area contributed by atoms with E-state index < -0.39 is 13.0 Å². The van der Waals surface area contributed by atoms with Crippen LogP contribution >= 0.6 is 0 Å². The maximum Gasteiger partial charge on any atom is 0.272 e. The van der Waals surface area contributed by atoms with Gasteiger partial charge in [-0.3, -0.25) is 4.79 Å². The first-order valence-corrected chi connectivity index (χ1v) is 6.33. The van der Waals surface area contributed by atoms with Gasteiger partial charge in [0.1, 0.15) is 18.1 Å². The number of aromatic nitrogens is 1. The van der Waals surface area contributed by atoms with Gasteiger partial charge in [-0.15, -0.1) is 0 Å². The van der Waals surface area contributed by atoms with Gasteiger partial charge in [0.25, 0.3) is 12.3 Å². The van der Waals surface area contributed by atoms with Crippen LogP contribution in [0, 0.1) is 6.92 Å². The maximum atomic E-state index is 12.2. The fourth-order valence-electron chi connectivity index (χ4n) is 2.06. The fraction of sp³-hybridized carbons (Fsp3) is 0.400. The number of alkyl halides is 2. The third-order valence-corrected chi connectivity index (χ3v) is 2.86. The first kappa shape index (κ1) is 16.9. The van der Waals surface area contributed by atoms with Crippen molar-refractivity contribution < 1.29 is 18.3 Å². The number of hydrogen-bond donors (Lipinski definition) is 1. The lowest BCUT2D eigenvalue weighted by molar-refractivity contribution is 0.0816. The Morgan fingerprint density at radius 2 is 2.14 bits per heavy atom. The molecular weight excluding hydrogens is 278 g/mol. The summed E-state index contributed by atoms with van der Waals surface area (Å²) in [4.78, 5) is 12.0. The van der Waals surface area contributed by atoms with E-state index in [0.29, 0.717) is 18.0 Å². The summed E-state index contributed by atoms with van der Waals surface area (Å²) < 4.78 is 30.9. The van der Waals surface area contributed by atoms with E-state index in [2.05, 4.69) is 5.32 Å². The van der Waals surface area contributed by atoms with Crippen LogP contribution in [0.3, 0.4) is 0 Å². The lowest BCUT2D eigenvalue weighted by Crippen LogP contribution is -2.24. The Labute approximate surface area is 122 Å². The van der Waals surface area contributed by atoms with Crippen molar-refractivity contribution in [3.05, 3.63) is 35.7 Å². The Bertz CT molecular complexity index is 623. The second-order valence-electron chi connectivity index (χ2n) is 4.40. The quantitative estimate of drug-likeness (QED) is 0.920. The van der Waals surface area contributed by atoms with E-state index in [0.717, 1.165) is 11.1 Å². The summed E-state index contributed by atoms with van der Waals surface area (Å²) >= 11 is 0. The molecule has 0 radical (unpaired) electrons. The van der Waals surface area contributed by atoms with Gasteiger partial charge in [0.2, 0.25) is 0 Å².